The predicted molar refractivity (Wildman–Crippen MR) is 161 cm³/mol. The molecule has 0 spiro atoms. The third-order valence-corrected chi connectivity index (χ3v) is 8.04. The van der Waals surface area contributed by atoms with Crippen LogP contribution in [0.3, 0.4) is 0 Å². The summed E-state index contributed by atoms with van der Waals surface area (Å²) in [6.45, 7) is 0.924. The predicted octanol–water partition coefficient (Wildman–Crippen LogP) is 3.02. The van der Waals surface area contributed by atoms with Crippen LogP contribution in [0, 0.1) is 3.57 Å². The second-order valence-electron chi connectivity index (χ2n) is 9.24. The Hall–Kier alpha value is -2.42. The number of amides is 2. The number of rotatable bonds is 12. The molecule has 3 rings (SSSR count). The number of ether oxygens (including phenoxy) is 2. The minimum atomic E-state index is -1.38. The van der Waals surface area contributed by atoms with Crippen LogP contribution in [0.1, 0.15) is 30.9 Å². The molecule has 41 heavy (non-hydrogen) atoms. The Bertz CT molecular complexity index is 1320. The summed E-state index contributed by atoms with van der Waals surface area (Å²) < 4.78 is 12.2. The molecule has 0 heterocycles. The van der Waals surface area contributed by atoms with E-state index < -0.39 is 35.8 Å². The molecule has 2 aromatic rings. The van der Waals surface area contributed by atoms with Gasteiger partial charge in [-0.25, -0.2) is 0 Å². The van der Waals surface area contributed by atoms with E-state index in [1.807, 2.05) is 22.6 Å². The lowest BCUT2D eigenvalue weighted by Crippen LogP contribution is -2.56. The van der Waals surface area contributed by atoms with Crippen LogP contribution in [0.5, 0.6) is 11.5 Å². The van der Waals surface area contributed by atoms with E-state index in [2.05, 4.69) is 5.32 Å². The normalized spacial score (nSPS) is 18.3. The summed E-state index contributed by atoms with van der Waals surface area (Å²) in [7, 11) is 1.43. The zero-order valence-electron chi connectivity index (χ0n) is 22.4. The lowest BCUT2D eigenvalue weighted by molar-refractivity contribution is -0.149. The number of hydrogen-bond donors (Lipinski definition) is 4. The van der Waals surface area contributed by atoms with Crippen LogP contribution < -0.4 is 14.8 Å². The van der Waals surface area contributed by atoms with Gasteiger partial charge in [-0.15, -0.1) is 0 Å². The number of benzene rings is 2. The van der Waals surface area contributed by atoms with Gasteiger partial charge in [-0.1, -0.05) is 36.2 Å². The van der Waals surface area contributed by atoms with E-state index in [4.69, 9.17) is 32.7 Å². The van der Waals surface area contributed by atoms with Crippen LogP contribution in [0.25, 0.3) is 0 Å². The standard InChI is InChI=1S/C28H31Cl2IN2O8/c1-3-22(36)28(39)33(13-15-4-5-18(29)19(30)8-15)21-11-17(27(38)32-6-7-34)12-23(25(21)37)41-26-20(31)9-16(14-35)10-24(26)40-2/h4-5,8-10,12,21,23,25,34-35,37H,3,6-7,11,13-14H2,1-2H3,(H,32,38). The van der Waals surface area contributed by atoms with Crippen molar-refractivity contribution in [2.45, 2.75) is 51.2 Å². The number of carbonyl (C=O) groups excluding carboxylic acids is 3. The van der Waals surface area contributed by atoms with E-state index >= 15 is 0 Å². The molecule has 4 N–H and O–H groups in total. The highest BCUT2D eigenvalue weighted by atomic mass is 127. The van der Waals surface area contributed by atoms with Gasteiger partial charge < -0.3 is 35.0 Å². The number of carbonyl (C=O) groups is 3. The Morgan fingerprint density at radius 1 is 1.12 bits per heavy atom. The van der Waals surface area contributed by atoms with Gasteiger partial charge in [0, 0.05) is 31.5 Å². The molecule has 0 aromatic heterocycles. The van der Waals surface area contributed by atoms with Gasteiger partial charge in [0.05, 0.1) is 40.0 Å². The van der Waals surface area contributed by atoms with Crippen molar-refractivity contribution < 1.29 is 39.2 Å². The van der Waals surface area contributed by atoms with Crippen LogP contribution in [-0.4, -0.2) is 76.3 Å². The maximum absolute atomic E-state index is 13.4. The number of nitrogens with one attached hydrogen (secondary N) is 1. The molecule has 13 heteroatoms. The molecular weight excluding hydrogens is 690 g/mol. The zero-order chi connectivity index (χ0) is 30.3. The molecule has 2 amide bonds. The lowest BCUT2D eigenvalue weighted by atomic mass is 9.87. The van der Waals surface area contributed by atoms with Crippen LogP contribution >= 0.6 is 45.8 Å². The molecular formula is C28H31Cl2IN2O8. The van der Waals surface area contributed by atoms with E-state index in [1.54, 1.807) is 37.3 Å². The highest BCUT2D eigenvalue weighted by Crippen LogP contribution is 2.37. The van der Waals surface area contributed by atoms with Gasteiger partial charge in [-0.3, -0.25) is 14.4 Å². The molecule has 2 aromatic carbocycles. The summed E-state index contributed by atoms with van der Waals surface area (Å²) in [6.07, 6.45) is -1.23. The molecule has 3 atom stereocenters. The molecule has 1 aliphatic carbocycles. The highest BCUT2D eigenvalue weighted by molar-refractivity contribution is 14.1. The Balaban J connectivity index is 2.08. The van der Waals surface area contributed by atoms with Gasteiger partial charge in [0.15, 0.2) is 11.5 Å². The maximum Gasteiger partial charge on any atom is 0.290 e. The Morgan fingerprint density at radius 2 is 1.85 bits per heavy atom. The first-order chi connectivity index (χ1) is 19.5. The monoisotopic (exact) mass is 720 g/mol. The van der Waals surface area contributed by atoms with Crippen molar-refractivity contribution in [3.8, 4) is 11.5 Å². The Kier molecular flexibility index (Phi) is 12.2. The summed E-state index contributed by atoms with van der Waals surface area (Å²) in [5.74, 6) is -1.48. The number of methoxy groups -OCH3 is 1. The van der Waals surface area contributed by atoms with Gasteiger partial charge in [0.2, 0.25) is 11.7 Å². The molecule has 0 saturated carbocycles. The van der Waals surface area contributed by atoms with Crippen molar-refractivity contribution in [3.63, 3.8) is 0 Å². The SMILES string of the molecule is CCC(=O)C(=O)N(Cc1ccc(Cl)c(Cl)c1)C1CC(C(=O)NCCO)=CC(Oc2c(I)cc(CO)cc2OC)C1O. The van der Waals surface area contributed by atoms with Gasteiger partial charge >= 0.3 is 0 Å². The molecule has 1 aliphatic rings. The third-order valence-electron chi connectivity index (χ3n) is 6.50. The van der Waals surface area contributed by atoms with Crippen LogP contribution in [0.4, 0.5) is 0 Å². The van der Waals surface area contributed by atoms with E-state index in [-0.39, 0.29) is 55.5 Å². The second kappa shape index (κ2) is 15.2. The summed E-state index contributed by atoms with van der Waals surface area (Å²) in [5.41, 5.74) is 1.32. The van der Waals surface area contributed by atoms with Gasteiger partial charge in [-0.2, -0.15) is 0 Å². The molecule has 0 aliphatic heterocycles. The number of ketones is 1. The van der Waals surface area contributed by atoms with Crippen LogP contribution in [0.2, 0.25) is 10.0 Å². The van der Waals surface area contributed by atoms with Crippen molar-refractivity contribution in [1.29, 1.82) is 0 Å². The summed E-state index contributed by atoms with van der Waals surface area (Å²) in [5, 5.41) is 33.5. The van der Waals surface area contributed by atoms with Crippen LogP contribution in [0.15, 0.2) is 42.0 Å². The van der Waals surface area contributed by atoms with E-state index in [0.29, 0.717) is 25.5 Å². The third kappa shape index (κ3) is 8.11. The average Bonchev–Trinajstić information content (AvgIpc) is 2.97. The van der Waals surface area contributed by atoms with Gasteiger partial charge in [0.1, 0.15) is 12.2 Å². The van der Waals surface area contributed by atoms with Gasteiger partial charge in [0.25, 0.3) is 5.91 Å². The molecule has 222 valence electrons. The van der Waals surface area contributed by atoms with E-state index in [1.165, 1.54) is 18.1 Å². The number of hydrogen-bond acceptors (Lipinski definition) is 8. The van der Waals surface area contributed by atoms with Gasteiger partial charge in [-0.05, 0) is 64.1 Å². The summed E-state index contributed by atoms with van der Waals surface area (Å²) in [6, 6.07) is 6.98. The Labute approximate surface area is 261 Å². The minimum Gasteiger partial charge on any atom is -0.493 e. The number of aliphatic hydroxyl groups is 3. The van der Waals surface area contributed by atoms with E-state index in [9.17, 15) is 29.7 Å². The minimum absolute atomic E-state index is 0.0104. The molecule has 0 fully saturated rings. The zero-order valence-corrected chi connectivity index (χ0v) is 26.1. The number of halogens is 3. The second-order valence-corrected chi connectivity index (χ2v) is 11.2. The fourth-order valence-corrected chi connectivity index (χ4v) is 5.49. The van der Waals surface area contributed by atoms with E-state index in [0.717, 1.165) is 0 Å². The summed E-state index contributed by atoms with van der Waals surface area (Å²) >= 11 is 14.2. The molecule has 10 nitrogen and oxygen atoms in total. The molecule has 0 bridgehead atoms. The number of aliphatic hydroxyl groups excluding tert-OH is 3. The lowest BCUT2D eigenvalue weighted by Gasteiger charge is -2.40. The largest absolute Gasteiger partial charge is 0.493 e. The topological polar surface area (TPSA) is 146 Å². The van der Waals surface area contributed by atoms with Crippen molar-refractivity contribution >= 4 is 63.4 Å². The highest BCUT2D eigenvalue weighted by Gasteiger charge is 2.42. The maximum atomic E-state index is 13.4. The fourth-order valence-electron chi connectivity index (χ4n) is 4.38. The Morgan fingerprint density at radius 3 is 2.46 bits per heavy atom. The average molecular weight is 721 g/mol. The van der Waals surface area contributed by atoms with Crippen molar-refractivity contribution in [3.05, 3.63) is 66.7 Å². The first-order valence-electron chi connectivity index (χ1n) is 12.7. The summed E-state index contributed by atoms with van der Waals surface area (Å²) in [4.78, 5) is 40.2. The molecule has 3 unspecified atom stereocenters. The quantitative estimate of drug-likeness (QED) is 0.194. The molecule has 0 saturated heterocycles. The molecule has 0 radical (unpaired) electrons. The smallest absolute Gasteiger partial charge is 0.290 e. The van der Waals surface area contributed by atoms with Crippen molar-refractivity contribution in [2.75, 3.05) is 20.3 Å². The first kappa shape index (κ1) is 33.1. The van der Waals surface area contributed by atoms with Crippen molar-refractivity contribution in [1.82, 2.24) is 10.2 Å². The van der Waals surface area contributed by atoms with Crippen LogP contribution in [-0.2, 0) is 27.5 Å². The number of nitrogens with zero attached hydrogens (tertiary/aromatic N) is 1. The fraction of sp³-hybridized carbons (Fsp3) is 0.393. The first-order valence-corrected chi connectivity index (χ1v) is 14.6. The van der Waals surface area contributed by atoms with Crippen molar-refractivity contribution in [2.24, 2.45) is 0 Å². The number of Topliss-reactive ketones (excluding diaryl/α,β-unsaturated/α-hetero) is 1.